The summed E-state index contributed by atoms with van der Waals surface area (Å²) < 4.78 is 11.3. The number of aliphatic hydroxyl groups excluding tert-OH is 1. The van der Waals surface area contributed by atoms with E-state index >= 15 is 0 Å². The van der Waals surface area contributed by atoms with Crippen molar-refractivity contribution in [3.63, 3.8) is 0 Å². The number of carbonyl (C=O) groups excluding carboxylic acids is 1. The first-order chi connectivity index (χ1) is 13.3. The molecule has 28 heavy (non-hydrogen) atoms. The minimum Gasteiger partial charge on any atom is -0.508 e. The Hall–Kier alpha value is -2.77. The number of nitrogens with one attached hydrogen (secondary N) is 1. The van der Waals surface area contributed by atoms with Crippen molar-refractivity contribution >= 4 is 11.6 Å². The molecule has 3 N–H and O–H groups in total. The van der Waals surface area contributed by atoms with Gasteiger partial charge < -0.3 is 29.5 Å². The van der Waals surface area contributed by atoms with Gasteiger partial charge in [0.1, 0.15) is 29.9 Å². The smallest absolute Gasteiger partial charge is 0.262 e. The van der Waals surface area contributed by atoms with Crippen molar-refractivity contribution in [3.05, 3.63) is 47.5 Å². The van der Waals surface area contributed by atoms with E-state index in [1.165, 1.54) is 17.7 Å². The standard InChI is InChI=1S/C21H26N2O5/c1-23(2,9-8-14-4-6-16(27-3)7-5-14)12-19(25)17-10-15(24)11-18-21(17)28-13-20(26)22-18/h4-7,10-11,19,25H,8-9,12-13H2,1-3H3,(H-,22,24,26)/p+1/t19-/m0/s1. The Morgan fingerprint density at radius 1 is 1.25 bits per heavy atom. The molecule has 0 unspecified atom stereocenters. The molecule has 3 rings (SSSR count). The number of aliphatic hydroxyl groups is 1. The number of methoxy groups -OCH3 is 1. The first-order valence-corrected chi connectivity index (χ1v) is 9.20. The first-order valence-electron chi connectivity index (χ1n) is 9.20. The van der Waals surface area contributed by atoms with Gasteiger partial charge in [0.2, 0.25) is 0 Å². The van der Waals surface area contributed by atoms with Crippen molar-refractivity contribution in [1.82, 2.24) is 0 Å². The second-order valence-electron chi connectivity index (χ2n) is 7.70. The summed E-state index contributed by atoms with van der Waals surface area (Å²) in [6, 6.07) is 10.9. The Labute approximate surface area is 164 Å². The molecular weight excluding hydrogens is 360 g/mol. The Bertz CT molecular complexity index is 849. The largest absolute Gasteiger partial charge is 0.508 e. The number of phenols is 1. The summed E-state index contributed by atoms with van der Waals surface area (Å²) in [5, 5.41) is 23.5. The van der Waals surface area contributed by atoms with Crippen LogP contribution >= 0.6 is 0 Å². The lowest BCUT2D eigenvalue weighted by atomic mass is 10.0. The summed E-state index contributed by atoms with van der Waals surface area (Å²) in [5.41, 5.74) is 2.06. The van der Waals surface area contributed by atoms with E-state index in [1.807, 2.05) is 38.4 Å². The fourth-order valence-corrected chi connectivity index (χ4v) is 3.34. The van der Waals surface area contributed by atoms with E-state index < -0.39 is 6.10 Å². The van der Waals surface area contributed by atoms with E-state index in [4.69, 9.17) is 9.47 Å². The molecule has 0 saturated heterocycles. The quantitative estimate of drug-likeness (QED) is 0.633. The van der Waals surface area contributed by atoms with Crippen molar-refractivity contribution in [2.45, 2.75) is 12.5 Å². The van der Waals surface area contributed by atoms with Gasteiger partial charge in [-0.1, -0.05) is 12.1 Å². The fourth-order valence-electron chi connectivity index (χ4n) is 3.34. The highest BCUT2D eigenvalue weighted by molar-refractivity contribution is 5.96. The molecule has 0 radical (unpaired) electrons. The topological polar surface area (TPSA) is 88.0 Å². The highest BCUT2D eigenvalue weighted by Gasteiger charge is 2.28. The highest BCUT2D eigenvalue weighted by atomic mass is 16.5. The van der Waals surface area contributed by atoms with Crippen LogP contribution < -0.4 is 14.8 Å². The molecular formula is C21H27N2O5+. The Kier molecular flexibility index (Phi) is 5.76. The molecule has 1 aliphatic rings. The number of hydrogen-bond donors (Lipinski definition) is 3. The average Bonchev–Trinajstić information content (AvgIpc) is 2.65. The third-order valence-electron chi connectivity index (χ3n) is 4.92. The number of nitrogens with zero attached hydrogens (tertiary/aromatic N) is 1. The lowest BCUT2D eigenvalue weighted by molar-refractivity contribution is -0.893. The minimum atomic E-state index is -0.846. The van der Waals surface area contributed by atoms with Crippen LogP contribution in [0.25, 0.3) is 0 Å². The van der Waals surface area contributed by atoms with Crippen molar-refractivity contribution < 1.29 is 29.0 Å². The number of aromatic hydroxyl groups is 1. The molecule has 1 atom stereocenters. The number of quaternary nitrogens is 1. The van der Waals surface area contributed by atoms with Gasteiger partial charge in [0.15, 0.2) is 6.61 Å². The summed E-state index contributed by atoms with van der Waals surface area (Å²) in [6.07, 6.45) is 0.00994. The molecule has 7 nitrogen and oxygen atoms in total. The summed E-state index contributed by atoms with van der Waals surface area (Å²) in [6.45, 7) is 1.15. The second-order valence-corrected chi connectivity index (χ2v) is 7.70. The van der Waals surface area contributed by atoms with Crippen molar-refractivity contribution in [2.24, 2.45) is 0 Å². The van der Waals surface area contributed by atoms with Crippen LogP contribution in [0, 0.1) is 0 Å². The zero-order valence-corrected chi connectivity index (χ0v) is 16.4. The van der Waals surface area contributed by atoms with Crippen LogP contribution in [0.1, 0.15) is 17.2 Å². The van der Waals surface area contributed by atoms with Crippen LogP contribution in [0.5, 0.6) is 17.2 Å². The molecule has 0 spiro atoms. The van der Waals surface area contributed by atoms with Crippen LogP contribution in [-0.2, 0) is 11.2 Å². The minimum absolute atomic E-state index is 0.0258. The molecule has 1 aliphatic heterocycles. The molecule has 2 aromatic rings. The predicted molar refractivity (Wildman–Crippen MR) is 106 cm³/mol. The van der Waals surface area contributed by atoms with Gasteiger partial charge in [-0.2, -0.15) is 0 Å². The number of anilines is 1. The second kappa shape index (κ2) is 8.08. The monoisotopic (exact) mass is 387 g/mol. The van der Waals surface area contributed by atoms with Gasteiger partial charge >= 0.3 is 0 Å². The Morgan fingerprint density at radius 3 is 2.64 bits per heavy atom. The van der Waals surface area contributed by atoms with Crippen molar-refractivity contribution in [1.29, 1.82) is 0 Å². The van der Waals surface area contributed by atoms with E-state index in [0.29, 0.717) is 28.0 Å². The molecule has 1 amide bonds. The van der Waals surface area contributed by atoms with E-state index in [1.54, 1.807) is 7.11 Å². The number of ether oxygens (including phenoxy) is 2. The van der Waals surface area contributed by atoms with Gasteiger partial charge in [-0.3, -0.25) is 4.79 Å². The van der Waals surface area contributed by atoms with Crippen molar-refractivity contribution in [2.75, 3.05) is 46.2 Å². The SMILES string of the molecule is COc1ccc(CC[N+](C)(C)C[C@H](O)c2cc(O)cc3c2OCC(=O)N3)cc1. The molecule has 150 valence electrons. The van der Waals surface area contributed by atoms with Gasteiger partial charge in [-0.25, -0.2) is 0 Å². The summed E-state index contributed by atoms with van der Waals surface area (Å²) in [7, 11) is 5.74. The van der Waals surface area contributed by atoms with Crippen LogP contribution in [0.3, 0.4) is 0 Å². The summed E-state index contributed by atoms with van der Waals surface area (Å²) in [5.74, 6) is 0.935. The van der Waals surface area contributed by atoms with Crippen LogP contribution in [-0.4, -0.2) is 61.5 Å². The number of benzene rings is 2. The Morgan fingerprint density at radius 2 is 1.96 bits per heavy atom. The first kappa shape index (κ1) is 20.0. The number of fused-ring (bicyclic) bond motifs is 1. The van der Waals surface area contributed by atoms with Gasteiger partial charge in [0.25, 0.3) is 5.91 Å². The van der Waals surface area contributed by atoms with Crippen LogP contribution in [0.2, 0.25) is 0 Å². The van der Waals surface area contributed by atoms with Crippen LogP contribution in [0.15, 0.2) is 36.4 Å². The molecule has 0 saturated carbocycles. The van der Waals surface area contributed by atoms with E-state index in [-0.39, 0.29) is 18.3 Å². The summed E-state index contributed by atoms with van der Waals surface area (Å²) >= 11 is 0. The number of likely N-dealkylation sites (N-methyl/N-ethyl adjacent to an activating group) is 1. The maximum absolute atomic E-state index is 11.5. The third kappa shape index (κ3) is 4.74. The molecule has 2 aromatic carbocycles. The van der Waals surface area contributed by atoms with E-state index in [2.05, 4.69) is 5.32 Å². The van der Waals surface area contributed by atoms with Gasteiger partial charge in [-0.15, -0.1) is 0 Å². The molecule has 0 aromatic heterocycles. The number of phenolic OH excluding ortho intramolecular Hbond substituents is 1. The number of rotatable bonds is 7. The normalized spacial score (nSPS) is 14.6. The van der Waals surface area contributed by atoms with Crippen molar-refractivity contribution in [3.8, 4) is 17.2 Å². The summed E-state index contributed by atoms with van der Waals surface area (Å²) in [4.78, 5) is 11.5. The predicted octanol–water partition coefficient (Wildman–Crippen LogP) is 2.08. The molecule has 0 bridgehead atoms. The van der Waals surface area contributed by atoms with Gasteiger partial charge in [0, 0.05) is 18.1 Å². The van der Waals surface area contributed by atoms with Crippen LogP contribution in [0.4, 0.5) is 5.69 Å². The maximum atomic E-state index is 11.5. The lowest BCUT2D eigenvalue weighted by Gasteiger charge is -2.33. The zero-order valence-electron chi connectivity index (χ0n) is 16.4. The average molecular weight is 387 g/mol. The van der Waals surface area contributed by atoms with E-state index in [0.717, 1.165) is 18.7 Å². The molecule has 1 heterocycles. The van der Waals surface area contributed by atoms with E-state index in [9.17, 15) is 15.0 Å². The van der Waals surface area contributed by atoms with Gasteiger partial charge in [-0.05, 0) is 23.8 Å². The zero-order chi connectivity index (χ0) is 20.3. The maximum Gasteiger partial charge on any atom is 0.262 e. The molecule has 0 aliphatic carbocycles. The molecule has 0 fully saturated rings. The van der Waals surface area contributed by atoms with Gasteiger partial charge in [0.05, 0.1) is 33.4 Å². The number of hydrogen-bond acceptors (Lipinski definition) is 5. The number of amides is 1. The molecule has 7 heteroatoms. The Balaban J connectivity index is 1.69. The fraction of sp³-hybridized carbons (Fsp3) is 0.381. The highest BCUT2D eigenvalue weighted by Crippen LogP contribution is 2.39. The third-order valence-corrected chi connectivity index (χ3v) is 4.92. The number of carbonyl (C=O) groups is 1. The lowest BCUT2D eigenvalue weighted by Crippen LogP contribution is -2.44.